The Morgan fingerprint density at radius 3 is 2.50 bits per heavy atom. The first-order valence-corrected chi connectivity index (χ1v) is 8.68. The summed E-state index contributed by atoms with van der Waals surface area (Å²) in [7, 11) is -3.39. The van der Waals surface area contributed by atoms with Crippen molar-refractivity contribution in [2.75, 3.05) is 13.1 Å². The Morgan fingerprint density at radius 2 is 1.95 bits per heavy atom. The summed E-state index contributed by atoms with van der Waals surface area (Å²) in [6.07, 6.45) is 2.71. The lowest BCUT2D eigenvalue weighted by molar-refractivity contribution is 0.316. The fraction of sp³-hybridized carbons (Fsp3) is 0.600. The highest BCUT2D eigenvalue weighted by atomic mass is 32.2. The summed E-state index contributed by atoms with van der Waals surface area (Å²) < 4.78 is 26.6. The molecule has 0 amide bonds. The molecular weight excluding hydrogens is 272 g/mol. The lowest BCUT2D eigenvalue weighted by Gasteiger charge is -2.29. The van der Waals surface area contributed by atoms with E-state index in [9.17, 15) is 8.42 Å². The highest BCUT2D eigenvalue weighted by molar-refractivity contribution is 7.89. The van der Waals surface area contributed by atoms with Crippen molar-refractivity contribution < 1.29 is 8.42 Å². The SMILES string of the molecule is CC(C)Cc1ccc(S(=O)(=O)N2CCC[C@@H](N)C2)cc1. The molecule has 1 aliphatic rings. The normalized spacial score (nSPS) is 21.3. The molecule has 0 radical (unpaired) electrons. The van der Waals surface area contributed by atoms with E-state index in [1.165, 1.54) is 9.87 Å². The van der Waals surface area contributed by atoms with E-state index in [0.29, 0.717) is 23.9 Å². The van der Waals surface area contributed by atoms with Gasteiger partial charge in [-0.1, -0.05) is 26.0 Å². The van der Waals surface area contributed by atoms with Gasteiger partial charge in [-0.05, 0) is 42.9 Å². The second kappa shape index (κ2) is 6.24. The van der Waals surface area contributed by atoms with E-state index in [1.807, 2.05) is 12.1 Å². The maximum absolute atomic E-state index is 12.5. The summed E-state index contributed by atoms with van der Waals surface area (Å²) in [5.74, 6) is 0.567. The van der Waals surface area contributed by atoms with E-state index in [1.54, 1.807) is 12.1 Å². The molecule has 2 rings (SSSR count). The van der Waals surface area contributed by atoms with Crippen molar-refractivity contribution in [2.24, 2.45) is 11.7 Å². The largest absolute Gasteiger partial charge is 0.327 e. The Morgan fingerprint density at radius 1 is 1.30 bits per heavy atom. The van der Waals surface area contributed by atoms with Crippen LogP contribution in [-0.4, -0.2) is 31.9 Å². The minimum absolute atomic E-state index is 0.0428. The number of nitrogens with zero attached hydrogens (tertiary/aromatic N) is 1. The van der Waals surface area contributed by atoms with Crippen molar-refractivity contribution in [2.45, 2.75) is 44.0 Å². The Labute approximate surface area is 122 Å². The van der Waals surface area contributed by atoms with E-state index >= 15 is 0 Å². The van der Waals surface area contributed by atoms with Gasteiger partial charge in [0.15, 0.2) is 0 Å². The van der Waals surface area contributed by atoms with Crippen molar-refractivity contribution in [1.29, 1.82) is 0 Å². The smallest absolute Gasteiger partial charge is 0.243 e. The summed E-state index contributed by atoms with van der Waals surface area (Å²) in [6.45, 7) is 5.30. The van der Waals surface area contributed by atoms with Crippen molar-refractivity contribution in [1.82, 2.24) is 4.31 Å². The van der Waals surface area contributed by atoms with Crippen LogP contribution in [0, 0.1) is 5.92 Å². The Bertz CT molecular complexity index is 537. The van der Waals surface area contributed by atoms with Gasteiger partial charge >= 0.3 is 0 Å². The van der Waals surface area contributed by atoms with Crippen LogP contribution in [0.4, 0.5) is 0 Å². The zero-order chi connectivity index (χ0) is 14.8. The van der Waals surface area contributed by atoms with E-state index in [4.69, 9.17) is 5.73 Å². The molecule has 1 aliphatic heterocycles. The molecule has 1 atom stereocenters. The number of hydrogen-bond donors (Lipinski definition) is 1. The van der Waals surface area contributed by atoms with Crippen LogP contribution in [0.1, 0.15) is 32.3 Å². The van der Waals surface area contributed by atoms with Crippen LogP contribution in [0.15, 0.2) is 29.2 Å². The molecule has 0 aromatic heterocycles. The monoisotopic (exact) mass is 296 g/mol. The Kier molecular flexibility index (Phi) is 4.83. The first-order valence-electron chi connectivity index (χ1n) is 7.24. The number of hydrogen-bond acceptors (Lipinski definition) is 3. The van der Waals surface area contributed by atoms with Gasteiger partial charge in [-0.2, -0.15) is 4.31 Å². The van der Waals surface area contributed by atoms with Crippen LogP contribution in [0.2, 0.25) is 0 Å². The molecule has 0 unspecified atom stereocenters. The summed E-state index contributed by atoms with van der Waals surface area (Å²) in [5, 5.41) is 0. The van der Waals surface area contributed by atoms with Crippen molar-refractivity contribution in [3.8, 4) is 0 Å². The number of nitrogens with two attached hydrogens (primary N) is 1. The molecule has 0 spiro atoms. The standard InChI is InChI=1S/C15H24N2O2S/c1-12(2)10-13-5-7-15(8-6-13)20(18,19)17-9-3-4-14(16)11-17/h5-8,12,14H,3-4,9-11,16H2,1-2H3/t14-/m1/s1. The summed E-state index contributed by atoms with van der Waals surface area (Å²) in [5.41, 5.74) is 7.05. The zero-order valence-corrected chi connectivity index (χ0v) is 13.1. The molecule has 4 nitrogen and oxygen atoms in total. The predicted molar refractivity (Wildman–Crippen MR) is 81.0 cm³/mol. The molecule has 1 aromatic rings. The third kappa shape index (κ3) is 3.59. The van der Waals surface area contributed by atoms with Crippen LogP contribution >= 0.6 is 0 Å². The lowest BCUT2D eigenvalue weighted by Crippen LogP contribution is -2.45. The van der Waals surface area contributed by atoms with Gasteiger partial charge in [-0.25, -0.2) is 8.42 Å². The Hall–Kier alpha value is -0.910. The summed E-state index contributed by atoms with van der Waals surface area (Å²) in [4.78, 5) is 0.374. The van der Waals surface area contributed by atoms with Gasteiger partial charge in [-0.3, -0.25) is 0 Å². The van der Waals surface area contributed by atoms with Gasteiger partial charge in [0.25, 0.3) is 0 Å². The first-order chi connectivity index (χ1) is 9.39. The molecule has 112 valence electrons. The molecule has 0 saturated carbocycles. The van der Waals surface area contributed by atoms with Gasteiger partial charge in [0.1, 0.15) is 0 Å². The first kappa shape index (κ1) is 15.5. The van der Waals surface area contributed by atoms with Gasteiger partial charge in [0.05, 0.1) is 4.90 Å². The van der Waals surface area contributed by atoms with Crippen molar-refractivity contribution >= 4 is 10.0 Å². The molecule has 1 heterocycles. The van der Waals surface area contributed by atoms with E-state index < -0.39 is 10.0 Å². The van der Waals surface area contributed by atoms with Gasteiger partial charge in [-0.15, -0.1) is 0 Å². The molecule has 20 heavy (non-hydrogen) atoms. The predicted octanol–water partition coefficient (Wildman–Crippen LogP) is 2.00. The van der Waals surface area contributed by atoms with Gasteiger partial charge in [0, 0.05) is 19.1 Å². The molecule has 1 saturated heterocycles. The Balaban J connectivity index is 2.17. The summed E-state index contributed by atoms with van der Waals surface area (Å²) >= 11 is 0. The number of sulfonamides is 1. The minimum Gasteiger partial charge on any atom is -0.327 e. The minimum atomic E-state index is -3.39. The quantitative estimate of drug-likeness (QED) is 0.924. The number of benzene rings is 1. The third-order valence-electron chi connectivity index (χ3n) is 3.63. The van der Waals surface area contributed by atoms with E-state index in [0.717, 1.165) is 19.3 Å². The van der Waals surface area contributed by atoms with Crippen LogP contribution in [-0.2, 0) is 16.4 Å². The van der Waals surface area contributed by atoms with Crippen molar-refractivity contribution in [3.05, 3.63) is 29.8 Å². The zero-order valence-electron chi connectivity index (χ0n) is 12.2. The second-order valence-electron chi connectivity index (χ2n) is 6.01. The molecule has 5 heteroatoms. The maximum atomic E-state index is 12.5. The molecule has 2 N–H and O–H groups in total. The molecule has 1 fully saturated rings. The highest BCUT2D eigenvalue weighted by Gasteiger charge is 2.28. The molecule has 1 aromatic carbocycles. The van der Waals surface area contributed by atoms with Gasteiger partial charge in [0.2, 0.25) is 10.0 Å². The van der Waals surface area contributed by atoms with Gasteiger partial charge < -0.3 is 5.73 Å². The molecule has 0 aliphatic carbocycles. The topological polar surface area (TPSA) is 63.4 Å². The fourth-order valence-corrected chi connectivity index (χ4v) is 4.15. The average molecular weight is 296 g/mol. The number of rotatable bonds is 4. The third-order valence-corrected chi connectivity index (χ3v) is 5.51. The van der Waals surface area contributed by atoms with Crippen LogP contribution in [0.5, 0.6) is 0 Å². The fourth-order valence-electron chi connectivity index (χ4n) is 2.61. The van der Waals surface area contributed by atoms with Crippen LogP contribution in [0.25, 0.3) is 0 Å². The van der Waals surface area contributed by atoms with Crippen LogP contribution in [0.3, 0.4) is 0 Å². The van der Waals surface area contributed by atoms with Crippen molar-refractivity contribution in [3.63, 3.8) is 0 Å². The van der Waals surface area contributed by atoms with E-state index in [2.05, 4.69) is 13.8 Å². The lowest BCUT2D eigenvalue weighted by atomic mass is 10.0. The number of piperidine rings is 1. The molecule has 0 bridgehead atoms. The summed E-state index contributed by atoms with van der Waals surface area (Å²) in [6, 6.07) is 7.21. The second-order valence-corrected chi connectivity index (χ2v) is 7.95. The van der Waals surface area contributed by atoms with E-state index in [-0.39, 0.29) is 6.04 Å². The average Bonchev–Trinajstić information content (AvgIpc) is 2.38. The maximum Gasteiger partial charge on any atom is 0.243 e. The van der Waals surface area contributed by atoms with Crippen LogP contribution < -0.4 is 5.73 Å². The highest BCUT2D eigenvalue weighted by Crippen LogP contribution is 2.21. The molecular formula is C15H24N2O2S.